The summed E-state index contributed by atoms with van der Waals surface area (Å²) in [5.74, 6) is -0.719. The number of likely N-dealkylation sites (tertiary alicyclic amines) is 1. The first-order valence-corrected chi connectivity index (χ1v) is 11.6. The summed E-state index contributed by atoms with van der Waals surface area (Å²) in [6.45, 7) is 2.79. The van der Waals surface area contributed by atoms with E-state index in [0.717, 1.165) is 22.1 Å². The molecule has 0 aliphatic carbocycles. The Balaban J connectivity index is 1.51. The third-order valence-electron chi connectivity index (χ3n) is 6.47. The predicted octanol–water partition coefficient (Wildman–Crippen LogP) is 4.21. The van der Waals surface area contributed by atoms with Crippen LogP contribution in [0.1, 0.15) is 30.9 Å². The lowest BCUT2D eigenvalue weighted by molar-refractivity contribution is -0.164. The zero-order valence-corrected chi connectivity index (χ0v) is 20.0. The number of hydrogen-bond donors (Lipinski definition) is 0. The van der Waals surface area contributed by atoms with Crippen molar-refractivity contribution in [3.8, 4) is 0 Å². The van der Waals surface area contributed by atoms with Crippen LogP contribution in [-0.2, 0) is 32.1 Å². The molecule has 0 bridgehead atoms. The lowest BCUT2D eigenvalue weighted by atomic mass is 9.84. The highest BCUT2D eigenvalue weighted by molar-refractivity contribution is 6.30. The maximum atomic E-state index is 13.7. The van der Waals surface area contributed by atoms with Crippen LogP contribution in [0.2, 0.25) is 5.02 Å². The summed E-state index contributed by atoms with van der Waals surface area (Å²) < 4.78 is 10.3. The number of rotatable bonds is 8. The Hall–Kier alpha value is -3.32. The van der Waals surface area contributed by atoms with E-state index in [4.69, 9.17) is 20.8 Å². The molecule has 0 saturated carbocycles. The smallest absolute Gasteiger partial charge is 0.307 e. The van der Waals surface area contributed by atoms with Gasteiger partial charge in [-0.15, -0.1) is 0 Å². The number of furan rings is 1. The molecule has 4 rings (SSSR count). The van der Waals surface area contributed by atoms with Crippen molar-refractivity contribution >= 4 is 40.4 Å². The Labute approximate surface area is 203 Å². The van der Waals surface area contributed by atoms with Gasteiger partial charge in [0, 0.05) is 35.6 Å². The van der Waals surface area contributed by atoms with E-state index in [1.807, 2.05) is 36.4 Å². The van der Waals surface area contributed by atoms with Gasteiger partial charge in [0.15, 0.2) is 0 Å². The molecule has 2 amide bonds. The number of amides is 2. The Morgan fingerprint density at radius 1 is 1.15 bits per heavy atom. The number of carbonyl (C=O) groups excluding carboxylic acids is 3. The maximum absolute atomic E-state index is 13.7. The van der Waals surface area contributed by atoms with Gasteiger partial charge in [-0.3, -0.25) is 14.4 Å². The van der Waals surface area contributed by atoms with E-state index < -0.39 is 11.5 Å². The van der Waals surface area contributed by atoms with Gasteiger partial charge in [0.05, 0.1) is 26.2 Å². The average Bonchev–Trinajstić information content (AvgIpc) is 3.23. The SMILES string of the molecule is COC(=O)CCN(Cc1ccc(Cl)cc1)C(=O)C1(C)CCN1C(=O)Cc1coc2ccccc12. The van der Waals surface area contributed by atoms with E-state index in [2.05, 4.69) is 0 Å². The summed E-state index contributed by atoms with van der Waals surface area (Å²) in [5, 5.41) is 1.50. The number of halogens is 1. The van der Waals surface area contributed by atoms with Gasteiger partial charge in [-0.05, 0) is 37.1 Å². The Morgan fingerprint density at radius 3 is 2.56 bits per heavy atom. The summed E-state index contributed by atoms with van der Waals surface area (Å²) in [6.07, 6.45) is 2.38. The Bertz CT molecular complexity index is 1210. The van der Waals surface area contributed by atoms with Gasteiger partial charge < -0.3 is 19.0 Å². The number of hydrogen-bond acceptors (Lipinski definition) is 5. The van der Waals surface area contributed by atoms with Crippen molar-refractivity contribution in [2.75, 3.05) is 20.2 Å². The number of benzene rings is 2. The monoisotopic (exact) mass is 482 g/mol. The molecule has 2 aromatic carbocycles. The van der Waals surface area contributed by atoms with Crippen molar-refractivity contribution in [2.45, 2.75) is 38.3 Å². The summed E-state index contributed by atoms with van der Waals surface area (Å²) in [4.78, 5) is 41.9. The first kappa shape index (κ1) is 23.8. The third kappa shape index (κ3) is 4.80. The molecule has 178 valence electrons. The zero-order chi connectivity index (χ0) is 24.3. The van der Waals surface area contributed by atoms with Gasteiger partial charge in [0.1, 0.15) is 11.1 Å². The van der Waals surface area contributed by atoms with Gasteiger partial charge in [-0.1, -0.05) is 41.9 Å². The fourth-order valence-corrected chi connectivity index (χ4v) is 4.47. The second kappa shape index (κ2) is 9.89. The topological polar surface area (TPSA) is 80.1 Å². The van der Waals surface area contributed by atoms with E-state index in [0.29, 0.717) is 24.5 Å². The van der Waals surface area contributed by atoms with Crippen LogP contribution >= 0.6 is 11.6 Å². The fourth-order valence-electron chi connectivity index (χ4n) is 4.34. The van der Waals surface area contributed by atoms with Crippen LogP contribution in [0.25, 0.3) is 11.0 Å². The minimum atomic E-state index is -0.973. The summed E-state index contributed by atoms with van der Waals surface area (Å²) >= 11 is 5.99. The van der Waals surface area contributed by atoms with Crippen LogP contribution in [0.3, 0.4) is 0 Å². The van der Waals surface area contributed by atoms with Crippen LogP contribution in [0.15, 0.2) is 59.2 Å². The van der Waals surface area contributed by atoms with Crippen molar-refractivity contribution in [3.05, 3.63) is 70.9 Å². The van der Waals surface area contributed by atoms with Crippen molar-refractivity contribution in [2.24, 2.45) is 0 Å². The summed E-state index contributed by atoms with van der Waals surface area (Å²) in [6, 6.07) is 14.8. The van der Waals surface area contributed by atoms with Crippen molar-refractivity contribution in [1.82, 2.24) is 9.80 Å². The fraction of sp³-hybridized carbons (Fsp3) is 0.346. The number of methoxy groups -OCH3 is 1. The first-order valence-electron chi connectivity index (χ1n) is 11.2. The maximum Gasteiger partial charge on any atom is 0.307 e. The van der Waals surface area contributed by atoms with E-state index in [9.17, 15) is 14.4 Å². The number of fused-ring (bicyclic) bond motifs is 1. The molecule has 1 fully saturated rings. The van der Waals surface area contributed by atoms with Gasteiger partial charge >= 0.3 is 5.97 Å². The van der Waals surface area contributed by atoms with Gasteiger partial charge in [0.25, 0.3) is 0 Å². The normalized spacial score (nSPS) is 17.3. The molecule has 34 heavy (non-hydrogen) atoms. The molecule has 1 unspecified atom stereocenters. The standard InChI is InChI=1S/C26H27ClN2O5/c1-26(12-14-29(26)23(30)15-19-17-34-22-6-4-3-5-21(19)22)25(32)28(13-11-24(31)33-2)16-18-7-9-20(27)10-8-18/h3-10,17H,11-16H2,1-2H3. The minimum Gasteiger partial charge on any atom is -0.469 e. The molecular weight excluding hydrogens is 456 g/mol. The largest absolute Gasteiger partial charge is 0.469 e. The summed E-state index contributed by atoms with van der Waals surface area (Å²) in [5.41, 5.74) is 1.43. The summed E-state index contributed by atoms with van der Waals surface area (Å²) in [7, 11) is 1.32. The lowest BCUT2D eigenvalue weighted by Crippen LogP contribution is -2.68. The van der Waals surface area contributed by atoms with Crippen LogP contribution in [0.4, 0.5) is 0 Å². The molecule has 1 aliphatic rings. The molecule has 2 heterocycles. The number of para-hydroxylation sites is 1. The van der Waals surface area contributed by atoms with Crippen LogP contribution in [0, 0.1) is 0 Å². The predicted molar refractivity (Wildman–Crippen MR) is 128 cm³/mol. The molecule has 1 aliphatic heterocycles. The van der Waals surface area contributed by atoms with Gasteiger partial charge in [-0.2, -0.15) is 0 Å². The molecule has 0 N–H and O–H groups in total. The molecule has 1 atom stereocenters. The quantitative estimate of drug-likeness (QED) is 0.449. The Kier molecular flexibility index (Phi) is 6.93. The van der Waals surface area contributed by atoms with E-state index in [-0.39, 0.29) is 31.2 Å². The van der Waals surface area contributed by atoms with E-state index >= 15 is 0 Å². The molecule has 7 nitrogen and oxygen atoms in total. The van der Waals surface area contributed by atoms with Crippen molar-refractivity contribution in [3.63, 3.8) is 0 Å². The lowest BCUT2D eigenvalue weighted by Gasteiger charge is -2.51. The minimum absolute atomic E-state index is 0.0703. The van der Waals surface area contributed by atoms with Crippen molar-refractivity contribution in [1.29, 1.82) is 0 Å². The highest BCUT2D eigenvalue weighted by atomic mass is 35.5. The number of esters is 1. The average molecular weight is 483 g/mol. The molecule has 0 spiro atoms. The van der Waals surface area contributed by atoms with Gasteiger partial charge in [0.2, 0.25) is 11.8 Å². The number of ether oxygens (including phenoxy) is 1. The second-order valence-corrected chi connectivity index (χ2v) is 9.12. The Morgan fingerprint density at radius 2 is 1.88 bits per heavy atom. The van der Waals surface area contributed by atoms with E-state index in [1.165, 1.54) is 7.11 Å². The van der Waals surface area contributed by atoms with Crippen molar-refractivity contribution < 1.29 is 23.5 Å². The molecule has 1 aromatic heterocycles. The number of nitrogens with zero attached hydrogens (tertiary/aromatic N) is 2. The van der Waals surface area contributed by atoms with Gasteiger partial charge in [-0.25, -0.2) is 0 Å². The van der Waals surface area contributed by atoms with E-state index in [1.54, 1.807) is 35.1 Å². The molecular formula is C26H27ClN2O5. The molecule has 3 aromatic rings. The highest BCUT2D eigenvalue weighted by Crippen LogP contribution is 2.34. The number of carbonyl (C=O) groups is 3. The highest BCUT2D eigenvalue weighted by Gasteiger charge is 2.51. The first-order chi connectivity index (χ1) is 16.3. The van der Waals surface area contributed by atoms with Crippen LogP contribution in [0.5, 0.6) is 0 Å². The molecule has 8 heteroatoms. The third-order valence-corrected chi connectivity index (χ3v) is 6.72. The van der Waals surface area contributed by atoms with Crippen LogP contribution in [-0.4, -0.2) is 53.3 Å². The second-order valence-electron chi connectivity index (χ2n) is 8.68. The molecule has 0 radical (unpaired) electrons. The zero-order valence-electron chi connectivity index (χ0n) is 19.3. The molecule has 1 saturated heterocycles. The van der Waals surface area contributed by atoms with Crippen LogP contribution < -0.4 is 0 Å².